The average molecular weight is 252 g/mol. The summed E-state index contributed by atoms with van der Waals surface area (Å²) in [5, 5.41) is 3.35. The van der Waals surface area contributed by atoms with Crippen LogP contribution in [0.25, 0.3) is 0 Å². The lowest BCUT2D eigenvalue weighted by molar-refractivity contribution is -0.00137. The fourth-order valence-electron chi connectivity index (χ4n) is 1.57. The van der Waals surface area contributed by atoms with Gasteiger partial charge in [-0.3, -0.25) is 4.98 Å². The second-order valence-corrected chi connectivity index (χ2v) is 4.41. The molecule has 0 amide bonds. The SMILES string of the molecule is CCCNCc1ccc(COC(C)COC)nc1. The van der Waals surface area contributed by atoms with Gasteiger partial charge in [-0.2, -0.15) is 0 Å². The van der Waals surface area contributed by atoms with Gasteiger partial charge in [0.25, 0.3) is 0 Å². The third-order valence-electron chi connectivity index (χ3n) is 2.56. The maximum Gasteiger partial charge on any atom is 0.0892 e. The van der Waals surface area contributed by atoms with E-state index in [4.69, 9.17) is 9.47 Å². The van der Waals surface area contributed by atoms with Crippen LogP contribution in [0.3, 0.4) is 0 Å². The molecule has 4 nitrogen and oxygen atoms in total. The number of methoxy groups -OCH3 is 1. The number of aromatic nitrogens is 1. The van der Waals surface area contributed by atoms with Crippen LogP contribution >= 0.6 is 0 Å². The minimum atomic E-state index is 0.0997. The summed E-state index contributed by atoms with van der Waals surface area (Å²) in [5.41, 5.74) is 2.16. The van der Waals surface area contributed by atoms with Gasteiger partial charge in [0.15, 0.2) is 0 Å². The number of pyridine rings is 1. The summed E-state index contributed by atoms with van der Waals surface area (Å²) >= 11 is 0. The molecule has 1 atom stereocenters. The summed E-state index contributed by atoms with van der Waals surface area (Å²) in [6, 6.07) is 4.11. The normalized spacial score (nSPS) is 12.6. The van der Waals surface area contributed by atoms with Crippen molar-refractivity contribution in [2.45, 2.75) is 39.5 Å². The summed E-state index contributed by atoms with van der Waals surface area (Å²) in [7, 11) is 1.68. The molecule has 4 heteroatoms. The summed E-state index contributed by atoms with van der Waals surface area (Å²) in [5.74, 6) is 0. The minimum absolute atomic E-state index is 0.0997. The Morgan fingerprint density at radius 2 is 2.22 bits per heavy atom. The molecule has 18 heavy (non-hydrogen) atoms. The van der Waals surface area contributed by atoms with Crippen LogP contribution in [0.4, 0.5) is 0 Å². The van der Waals surface area contributed by atoms with Crippen LogP contribution in [0.15, 0.2) is 18.3 Å². The molecule has 1 aromatic heterocycles. The molecule has 1 heterocycles. The number of rotatable bonds is 9. The van der Waals surface area contributed by atoms with Crippen molar-refractivity contribution in [2.75, 3.05) is 20.3 Å². The molecule has 0 aromatic carbocycles. The van der Waals surface area contributed by atoms with Crippen molar-refractivity contribution in [1.29, 1.82) is 0 Å². The number of hydrogen-bond donors (Lipinski definition) is 1. The summed E-state index contributed by atoms with van der Waals surface area (Å²) in [4.78, 5) is 4.38. The van der Waals surface area contributed by atoms with Crippen LogP contribution < -0.4 is 5.32 Å². The first-order valence-electron chi connectivity index (χ1n) is 6.51. The minimum Gasteiger partial charge on any atom is -0.382 e. The molecule has 0 saturated heterocycles. The van der Waals surface area contributed by atoms with Crippen LogP contribution in [0.2, 0.25) is 0 Å². The van der Waals surface area contributed by atoms with Gasteiger partial charge in [-0.1, -0.05) is 13.0 Å². The van der Waals surface area contributed by atoms with Crippen LogP contribution in [0, 0.1) is 0 Å². The first-order chi connectivity index (χ1) is 8.76. The summed E-state index contributed by atoms with van der Waals surface area (Å²) < 4.78 is 10.6. The molecule has 0 aliphatic heterocycles. The van der Waals surface area contributed by atoms with E-state index in [-0.39, 0.29) is 6.10 Å². The van der Waals surface area contributed by atoms with Gasteiger partial charge in [0.2, 0.25) is 0 Å². The van der Waals surface area contributed by atoms with Crippen molar-refractivity contribution in [3.8, 4) is 0 Å². The molecule has 0 aliphatic rings. The summed E-state index contributed by atoms with van der Waals surface area (Å²) in [6.07, 6.45) is 3.15. The van der Waals surface area contributed by atoms with E-state index in [0.717, 1.165) is 25.2 Å². The predicted molar refractivity (Wildman–Crippen MR) is 72.4 cm³/mol. The van der Waals surface area contributed by atoms with E-state index >= 15 is 0 Å². The van der Waals surface area contributed by atoms with Crippen molar-refractivity contribution >= 4 is 0 Å². The van der Waals surface area contributed by atoms with Gasteiger partial charge in [0.1, 0.15) is 0 Å². The fraction of sp³-hybridized carbons (Fsp3) is 0.643. The zero-order chi connectivity index (χ0) is 13.2. The zero-order valence-electron chi connectivity index (χ0n) is 11.6. The van der Waals surface area contributed by atoms with Crippen molar-refractivity contribution in [3.63, 3.8) is 0 Å². The van der Waals surface area contributed by atoms with E-state index in [1.54, 1.807) is 7.11 Å². The molecule has 1 unspecified atom stereocenters. The first-order valence-corrected chi connectivity index (χ1v) is 6.51. The molecule has 102 valence electrons. The standard InChI is InChI=1S/C14H24N2O2/c1-4-7-15-8-13-5-6-14(16-9-13)11-18-12(2)10-17-3/h5-6,9,12,15H,4,7-8,10-11H2,1-3H3. The molecular weight excluding hydrogens is 228 g/mol. The Labute approximate surface area is 110 Å². The van der Waals surface area contributed by atoms with Crippen LogP contribution in [-0.4, -0.2) is 31.3 Å². The lowest BCUT2D eigenvalue weighted by atomic mass is 10.2. The quantitative estimate of drug-likeness (QED) is 0.684. The highest BCUT2D eigenvalue weighted by Crippen LogP contribution is 2.03. The van der Waals surface area contributed by atoms with E-state index in [1.165, 1.54) is 5.56 Å². The second kappa shape index (κ2) is 9.03. The van der Waals surface area contributed by atoms with Crippen molar-refractivity contribution < 1.29 is 9.47 Å². The zero-order valence-corrected chi connectivity index (χ0v) is 11.6. The summed E-state index contributed by atoms with van der Waals surface area (Å²) in [6.45, 7) is 7.22. The molecule has 0 bridgehead atoms. The highest BCUT2D eigenvalue weighted by Gasteiger charge is 2.02. The highest BCUT2D eigenvalue weighted by atomic mass is 16.5. The van der Waals surface area contributed by atoms with Gasteiger partial charge in [-0.05, 0) is 31.5 Å². The van der Waals surface area contributed by atoms with E-state index in [0.29, 0.717) is 13.2 Å². The van der Waals surface area contributed by atoms with Gasteiger partial charge in [0.05, 0.1) is 25.0 Å². The second-order valence-electron chi connectivity index (χ2n) is 4.41. The lowest BCUT2D eigenvalue weighted by Crippen LogP contribution is -2.15. The van der Waals surface area contributed by atoms with Gasteiger partial charge < -0.3 is 14.8 Å². The van der Waals surface area contributed by atoms with Crippen molar-refractivity contribution in [1.82, 2.24) is 10.3 Å². The lowest BCUT2D eigenvalue weighted by Gasteiger charge is -2.11. The Morgan fingerprint density at radius 3 is 2.83 bits per heavy atom. The molecule has 1 rings (SSSR count). The van der Waals surface area contributed by atoms with Gasteiger partial charge in [-0.15, -0.1) is 0 Å². The number of nitrogens with one attached hydrogen (secondary N) is 1. The molecule has 1 aromatic rings. The Morgan fingerprint density at radius 1 is 1.39 bits per heavy atom. The van der Waals surface area contributed by atoms with Crippen LogP contribution in [-0.2, 0) is 22.6 Å². The third-order valence-corrected chi connectivity index (χ3v) is 2.56. The maximum atomic E-state index is 5.60. The maximum absolute atomic E-state index is 5.60. The molecule has 0 saturated carbocycles. The molecule has 0 aliphatic carbocycles. The molecular formula is C14H24N2O2. The number of hydrogen-bond acceptors (Lipinski definition) is 4. The highest BCUT2D eigenvalue weighted by molar-refractivity contribution is 5.13. The fourth-order valence-corrected chi connectivity index (χ4v) is 1.57. The van der Waals surface area contributed by atoms with E-state index in [2.05, 4.69) is 23.3 Å². The van der Waals surface area contributed by atoms with E-state index in [1.807, 2.05) is 19.2 Å². The van der Waals surface area contributed by atoms with E-state index in [9.17, 15) is 0 Å². The Balaban J connectivity index is 2.31. The van der Waals surface area contributed by atoms with Crippen LogP contribution in [0.1, 0.15) is 31.5 Å². The Kier molecular flexibility index (Phi) is 7.57. The van der Waals surface area contributed by atoms with Crippen molar-refractivity contribution in [3.05, 3.63) is 29.6 Å². The Bertz CT molecular complexity index is 314. The van der Waals surface area contributed by atoms with Crippen LogP contribution in [0.5, 0.6) is 0 Å². The largest absolute Gasteiger partial charge is 0.382 e. The van der Waals surface area contributed by atoms with Gasteiger partial charge >= 0.3 is 0 Å². The number of nitrogens with zero attached hydrogens (tertiary/aromatic N) is 1. The van der Waals surface area contributed by atoms with Gasteiger partial charge in [-0.25, -0.2) is 0 Å². The van der Waals surface area contributed by atoms with E-state index < -0.39 is 0 Å². The molecule has 1 N–H and O–H groups in total. The molecule has 0 spiro atoms. The molecule has 0 fully saturated rings. The average Bonchev–Trinajstić information content (AvgIpc) is 2.38. The van der Waals surface area contributed by atoms with Gasteiger partial charge in [0, 0.05) is 19.9 Å². The third kappa shape index (κ3) is 6.10. The number of ether oxygens (including phenoxy) is 2. The predicted octanol–water partition coefficient (Wildman–Crippen LogP) is 2.13. The topological polar surface area (TPSA) is 43.4 Å². The monoisotopic (exact) mass is 252 g/mol. The smallest absolute Gasteiger partial charge is 0.0892 e. The van der Waals surface area contributed by atoms with Crippen molar-refractivity contribution in [2.24, 2.45) is 0 Å². The first kappa shape index (κ1) is 15.1. The molecule has 0 radical (unpaired) electrons. The Hall–Kier alpha value is -0.970.